The van der Waals surface area contributed by atoms with E-state index < -0.39 is 11.9 Å². The van der Waals surface area contributed by atoms with Gasteiger partial charge in [0.05, 0.1) is 7.11 Å². The first-order valence-electron chi connectivity index (χ1n) is 13.2. The van der Waals surface area contributed by atoms with Gasteiger partial charge in [-0.05, 0) is 61.2 Å². The molecule has 2 aromatic carbocycles. The lowest BCUT2D eigenvalue weighted by atomic mass is 10.0. The van der Waals surface area contributed by atoms with Crippen molar-refractivity contribution in [3.63, 3.8) is 0 Å². The predicted octanol–water partition coefficient (Wildman–Crippen LogP) is 5.17. The van der Waals surface area contributed by atoms with Crippen molar-refractivity contribution in [3.05, 3.63) is 84.3 Å². The zero-order valence-corrected chi connectivity index (χ0v) is 21.9. The molecule has 9 heteroatoms. The average Bonchev–Trinajstić information content (AvgIpc) is 3.45. The second-order valence-corrected chi connectivity index (χ2v) is 9.53. The summed E-state index contributed by atoms with van der Waals surface area (Å²) in [6, 6.07) is 16.7. The molecule has 3 amide bonds. The number of ether oxygens (including phenoxy) is 1. The molecule has 8 nitrogen and oxygen atoms in total. The normalized spacial score (nSPS) is 13.9. The molecule has 0 radical (unpaired) electrons. The molecule has 4 rings (SSSR count). The van der Waals surface area contributed by atoms with Gasteiger partial charge in [0.2, 0.25) is 17.7 Å². The number of halogens is 1. The van der Waals surface area contributed by atoms with Crippen LogP contribution in [0.25, 0.3) is 0 Å². The van der Waals surface area contributed by atoms with E-state index in [0.717, 1.165) is 25.7 Å². The molecule has 0 unspecified atom stereocenters. The molecule has 0 bridgehead atoms. The number of nitrogens with one attached hydrogen (secondary N) is 2. The first kappa shape index (κ1) is 27.8. The minimum absolute atomic E-state index is 0.0151. The summed E-state index contributed by atoms with van der Waals surface area (Å²) in [6.07, 6.45) is 5.78. The highest BCUT2D eigenvalue weighted by molar-refractivity contribution is 6.01. The summed E-state index contributed by atoms with van der Waals surface area (Å²) in [4.78, 5) is 45.5. The monoisotopic (exact) mass is 532 g/mol. The number of pyridine rings is 1. The third-order valence-electron chi connectivity index (χ3n) is 6.72. The minimum Gasteiger partial charge on any atom is -0.497 e. The van der Waals surface area contributed by atoms with Crippen molar-refractivity contribution < 1.29 is 23.5 Å². The Morgan fingerprint density at radius 2 is 1.79 bits per heavy atom. The Morgan fingerprint density at radius 1 is 1.03 bits per heavy atom. The molecule has 1 aromatic heterocycles. The maximum absolute atomic E-state index is 13.8. The fraction of sp³-hybridized carbons (Fsp3) is 0.333. The Labute approximate surface area is 227 Å². The van der Waals surface area contributed by atoms with E-state index in [-0.39, 0.29) is 43.0 Å². The molecule has 0 spiro atoms. The van der Waals surface area contributed by atoms with Gasteiger partial charge < -0.3 is 15.4 Å². The zero-order chi connectivity index (χ0) is 27.6. The second-order valence-electron chi connectivity index (χ2n) is 9.53. The number of aromatic nitrogens is 1. The van der Waals surface area contributed by atoms with Crippen molar-refractivity contribution in [1.29, 1.82) is 0 Å². The van der Waals surface area contributed by atoms with Crippen molar-refractivity contribution in [2.75, 3.05) is 17.3 Å². The lowest BCUT2D eigenvalue weighted by Crippen LogP contribution is -2.46. The highest BCUT2D eigenvalue weighted by Gasteiger charge is 2.34. The zero-order valence-electron chi connectivity index (χ0n) is 21.9. The smallest absolute Gasteiger partial charge is 0.248 e. The summed E-state index contributed by atoms with van der Waals surface area (Å²) in [5.41, 5.74) is 0.948. The summed E-state index contributed by atoms with van der Waals surface area (Å²) in [7, 11) is 1.52. The molecule has 39 heavy (non-hydrogen) atoms. The maximum atomic E-state index is 13.8. The van der Waals surface area contributed by atoms with Crippen LogP contribution < -0.4 is 20.3 Å². The van der Waals surface area contributed by atoms with Gasteiger partial charge in [0, 0.05) is 36.8 Å². The van der Waals surface area contributed by atoms with Crippen LogP contribution in [0.1, 0.15) is 56.6 Å². The SMILES string of the molecule is COc1cccc(N(C(=O)CCCC(=O)Nc2ccccn2)[C@@H](C(=O)NC2CCCC2)c2ccc(F)cc2)c1. The summed E-state index contributed by atoms with van der Waals surface area (Å²) in [6.45, 7) is 0. The minimum atomic E-state index is -1.03. The van der Waals surface area contributed by atoms with Crippen molar-refractivity contribution in [2.24, 2.45) is 0 Å². The van der Waals surface area contributed by atoms with Gasteiger partial charge in [0.15, 0.2) is 0 Å². The van der Waals surface area contributed by atoms with Crippen molar-refractivity contribution in [3.8, 4) is 5.75 Å². The maximum Gasteiger partial charge on any atom is 0.248 e. The van der Waals surface area contributed by atoms with E-state index >= 15 is 0 Å². The highest BCUT2D eigenvalue weighted by Crippen LogP contribution is 2.32. The highest BCUT2D eigenvalue weighted by atomic mass is 19.1. The molecule has 0 aliphatic heterocycles. The number of hydrogen-bond acceptors (Lipinski definition) is 5. The van der Waals surface area contributed by atoms with Crippen LogP contribution in [0.4, 0.5) is 15.9 Å². The lowest BCUT2D eigenvalue weighted by Gasteiger charge is -2.32. The number of rotatable bonds is 11. The third kappa shape index (κ3) is 7.63. The van der Waals surface area contributed by atoms with E-state index in [1.807, 2.05) is 0 Å². The first-order valence-corrected chi connectivity index (χ1v) is 13.2. The second kappa shape index (κ2) is 13.5. The molecule has 1 fully saturated rings. The Balaban J connectivity index is 1.59. The number of carbonyl (C=O) groups excluding carboxylic acids is 3. The van der Waals surface area contributed by atoms with E-state index in [9.17, 15) is 18.8 Å². The Bertz CT molecular complexity index is 1260. The van der Waals surface area contributed by atoms with Crippen LogP contribution in [0.15, 0.2) is 72.9 Å². The number of amides is 3. The van der Waals surface area contributed by atoms with Gasteiger partial charge in [0.25, 0.3) is 0 Å². The first-order chi connectivity index (χ1) is 18.9. The van der Waals surface area contributed by atoms with Crippen LogP contribution in [0.3, 0.4) is 0 Å². The largest absolute Gasteiger partial charge is 0.497 e. The molecule has 1 saturated carbocycles. The fourth-order valence-corrected chi connectivity index (χ4v) is 4.77. The Morgan fingerprint density at radius 3 is 2.49 bits per heavy atom. The van der Waals surface area contributed by atoms with Crippen LogP contribution in [-0.4, -0.2) is 35.9 Å². The molecule has 2 N–H and O–H groups in total. The molecule has 3 aromatic rings. The fourth-order valence-electron chi connectivity index (χ4n) is 4.77. The van der Waals surface area contributed by atoms with Crippen LogP contribution in [0.2, 0.25) is 0 Å². The summed E-state index contributed by atoms with van der Waals surface area (Å²) in [5.74, 6) is -0.418. The van der Waals surface area contributed by atoms with E-state index in [0.29, 0.717) is 22.8 Å². The topological polar surface area (TPSA) is 101 Å². The van der Waals surface area contributed by atoms with Crippen molar-refractivity contribution >= 4 is 29.2 Å². The van der Waals surface area contributed by atoms with Crippen molar-refractivity contribution in [2.45, 2.75) is 57.0 Å². The number of carbonyl (C=O) groups is 3. The van der Waals surface area contributed by atoms with Crippen LogP contribution in [0.5, 0.6) is 5.75 Å². The van der Waals surface area contributed by atoms with Gasteiger partial charge in [-0.2, -0.15) is 0 Å². The number of methoxy groups -OCH3 is 1. The predicted molar refractivity (Wildman–Crippen MR) is 147 cm³/mol. The summed E-state index contributed by atoms with van der Waals surface area (Å²) in [5, 5.41) is 5.81. The van der Waals surface area contributed by atoms with Gasteiger partial charge in [-0.15, -0.1) is 0 Å². The lowest BCUT2D eigenvalue weighted by molar-refractivity contribution is -0.127. The van der Waals surface area contributed by atoms with Crippen LogP contribution in [-0.2, 0) is 14.4 Å². The molecule has 1 aliphatic rings. The van der Waals surface area contributed by atoms with Gasteiger partial charge in [0.1, 0.15) is 23.4 Å². The van der Waals surface area contributed by atoms with E-state index in [1.54, 1.807) is 48.7 Å². The molecular weight excluding hydrogens is 499 g/mol. The number of benzene rings is 2. The Hall–Kier alpha value is -4.27. The van der Waals surface area contributed by atoms with E-state index in [2.05, 4.69) is 15.6 Å². The number of anilines is 2. The average molecular weight is 533 g/mol. The standard InChI is InChI=1S/C30H33FN4O4/c1-39-25-11-6-10-24(20-25)35(28(37)14-7-13-27(36)34-26-12-4-5-19-32-26)29(21-15-17-22(31)18-16-21)30(38)33-23-8-2-3-9-23/h4-6,10-12,15-20,23,29H,2-3,7-9,13-14H2,1H3,(H,33,38)(H,32,34,36)/t29-/m1/s1. The summed E-state index contributed by atoms with van der Waals surface area (Å²) < 4.78 is 19.2. The number of nitrogens with zero attached hydrogens (tertiary/aromatic N) is 2. The van der Waals surface area contributed by atoms with Gasteiger partial charge in [-0.3, -0.25) is 19.3 Å². The summed E-state index contributed by atoms with van der Waals surface area (Å²) >= 11 is 0. The molecule has 204 valence electrons. The quantitative estimate of drug-likeness (QED) is 0.355. The molecule has 1 heterocycles. The van der Waals surface area contributed by atoms with Crippen LogP contribution in [0, 0.1) is 5.82 Å². The molecule has 1 atom stereocenters. The van der Waals surface area contributed by atoms with Crippen molar-refractivity contribution in [1.82, 2.24) is 10.3 Å². The van der Waals surface area contributed by atoms with Gasteiger partial charge in [-0.1, -0.05) is 37.1 Å². The Kier molecular flexibility index (Phi) is 9.61. The molecule has 0 saturated heterocycles. The van der Waals surface area contributed by atoms with Gasteiger partial charge >= 0.3 is 0 Å². The van der Waals surface area contributed by atoms with E-state index in [1.165, 1.54) is 36.3 Å². The number of hydrogen-bond donors (Lipinski definition) is 2. The van der Waals surface area contributed by atoms with Crippen LogP contribution >= 0.6 is 0 Å². The molecular formula is C30H33FN4O4. The third-order valence-corrected chi connectivity index (χ3v) is 6.72. The van der Waals surface area contributed by atoms with E-state index in [4.69, 9.17) is 4.74 Å². The van der Waals surface area contributed by atoms with Gasteiger partial charge in [-0.25, -0.2) is 9.37 Å². The molecule has 1 aliphatic carbocycles.